The molecule has 0 aromatic carbocycles. The Labute approximate surface area is 159 Å². The summed E-state index contributed by atoms with van der Waals surface area (Å²) in [5.41, 5.74) is 2.53. The van der Waals surface area contributed by atoms with Gasteiger partial charge < -0.3 is 25.4 Å². The Morgan fingerprint density at radius 2 is 2.17 bits per heavy atom. The van der Waals surface area contributed by atoms with E-state index in [2.05, 4.69) is 14.8 Å². The minimum atomic E-state index is -4.80. The third kappa shape index (κ3) is 3.55. The SMILES string of the molecule is N#C[C@@]1(c2cc(F)c3c(N)ncnn23)O[C@H](COC(=O)CC(F)(F)F)[C@@H](O)[C@H]1O. The molecule has 3 heterocycles. The zero-order valence-corrected chi connectivity index (χ0v) is 14.3. The lowest BCUT2D eigenvalue weighted by molar-refractivity contribution is -0.175. The first-order valence-corrected chi connectivity index (χ1v) is 7.96. The first kappa shape index (κ1) is 20.7. The second-order valence-corrected chi connectivity index (χ2v) is 6.20. The summed E-state index contributed by atoms with van der Waals surface area (Å²) >= 11 is 0. The van der Waals surface area contributed by atoms with Crippen LogP contribution < -0.4 is 5.73 Å². The van der Waals surface area contributed by atoms with Crippen molar-refractivity contribution in [3.8, 4) is 6.07 Å². The highest BCUT2D eigenvalue weighted by Gasteiger charge is 2.58. The van der Waals surface area contributed by atoms with E-state index < -0.39 is 54.9 Å². The molecule has 1 aliphatic rings. The summed E-state index contributed by atoms with van der Waals surface area (Å²) in [6.07, 6.45) is -11.1. The summed E-state index contributed by atoms with van der Waals surface area (Å²) in [5, 5.41) is 33.9. The number of nitrogens with two attached hydrogens (primary N) is 1. The number of nitriles is 1. The summed E-state index contributed by atoms with van der Waals surface area (Å²) in [5.74, 6) is -2.86. The fourth-order valence-electron chi connectivity index (χ4n) is 2.99. The van der Waals surface area contributed by atoms with E-state index in [1.807, 2.05) is 0 Å². The average Bonchev–Trinajstić information content (AvgIpc) is 3.09. The van der Waals surface area contributed by atoms with Crippen LogP contribution in [-0.4, -0.2) is 61.9 Å². The van der Waals surface area contributed by atoms with Crippen LogP contribution in [-0.2, 0) is 19.9 Å². The number of anilines is 1. The monoisotopic (exact) mass is 419 g/mol. The molecule has 10 nitrogen and oxygen atoms in total. The van der Waals surface area contributed by atoms with Gasteiger partial charge in [0, 0.05) is 6.07 Å². The van der Waals surface area contributed by atoms with Crippen LogP contribution in [0.5, 0.6) is 0 Å². The maximum absolute atomic E-state index is 14.3. The van der Waals surface area contributed by atoms with Crippen LogP contribution in [0.4, 0.5) is 23.4 Å². The summed E-state index contributed by atoms with van der Waals surface area (Å²) in [6, 6.07) is 2.40. The van der Waals surface area contributed by atoms with Crippen molar-refractivity contribution in [2.24, 2.45) is 0 Å². The highest BCUT2D eigenvalue weighted by molar-refractivity contribution is 5.70. The molecule has 0 amide bonds. The van der Waals surface area contributed by atoms with E-state index in [1.54, 1.807) is 6.07 Å². The van der Waals surface area contributed by atoms with Crippen LogP contribution in [0, 0.1) is 17.1 Å². The van der Waals surface area contributed by atoms with Crippen molar-refractivity contribution < 1.29 is 42.0 Å². The molecule has 0 spiro atoms. The van der Waals surface area contributed by atoms with Gasteiger partial charge in [-0.05, 0) is 0 Å². The van der Waals surface area contributed by atoms with Crippen molar-refractivity contribution in [2.45, 2.75) is 36.5 Å². The van der Waals surface area contributed by atoms with Crippen LogP contribution in [0.1, 0.15) is 12.1 Å². The van der Waals surface area contributed by atoms with Gasteiger partial charge in [0.05, 0.1) is 5.69 Å². The highest BCUT2D eigenvalue weighted by Crippen LogP contribution is 2.41. The Bertz CT molecular complexity index is 990. The summed E-state index contributed by atoms with van der Waals surface area (Å²) in [7, 11) is 0. The van der Waals surface area contributed by atoms with Gasteiger partial charge in [-0.2, -0.15) is 23.5 Å². The zero-order chi connectivity index (χ0) is 21.6. The molecule has 4 atom stereocenters. The van der Waals surface area contributed by atoms with Crippen LogP contribution in [0.25, 0.3) is 5.52 Å². The number of ether oxygens (including phenoxy) is 2. The van der Waals surface area contributed by atoms with Crippen molar-refractivity contribution in [2.75, 3.05) is 12.3 Å². The fourth-order valence-corrected chi connectivity index (χ4v) is 2.99. The number of rotatable bonds is 4. The van der Waals surface area contributed by atoms with Gasteiger partial charge in [-0.25, -0.2) is 13.9 Å². The molecular weight excluding hydrogens is 406 g/mol. The molecule has 0 saturated carbocycles. The van der Waals surface area contributed by atoms with Crippen molar-refractivity contribution in [1.82, 2.24) is 14.6 Å². The van der Waals surface area contributed by atoms with Gasteiger partial charge in [-0.1, -0.05) is 0 Å². The molecule has 3 rings (SSSR count). The molecule has 2 aromatic heterocycles. The van der Waals surface area contributed by atoms with Gasteiger partial charge in [0.25, 0.3) is 0 Å². The minimum absolute atomic E-state index is 0.275. The Hall–Kier alpha value is -3.02. The second kappa shape index (κ2) is 7.10. The molecule has 0 radical (unpaired) electrons. The number of esters is 1. The van der Waals surface area contributed by atoms with Crippen LogP contribution >= 0.6 is 0 Å². The van der Waals surface area contributed by atoms with Gasteiger partial charge in [0.2, 0.25) is 5.60 Å². The number of alkyl halides is 3. The number of aromatic nitrogens is 3. The quantitative estimate of drug-likeness (QED) is 0.451. The van der Waals surface area contributed by atoms with E-state index >= 15 is 0 Å². The van der Waals surface area contributed by atoms with Gasteiger partial charge >= 0.3 is 12.1 Å². The molecule has 1 saturated heterocycles. The number of hydrogen-bond acceptors (Lipinski definition) is 9. The first-order valence-electron chi connectivity index (χ1n) is 7.96. The molecule has 0 bridgehead atoms. The van der Waals surface area contributed by atoms with E-state index in [4.69, 9.17) is 10.5 Å². The molecule has 2 aromatic rings. The highest BCUT2D eigenvalue weighted by atomic mass is 19.4. The number of carbonyl (C=O) groups is 1. The molecule has 0 aliphatic carbocycles. The van der Waals surface area contributed by atoms with Gasteiger partial charge in [0.15, 0.2) is 11.6 Å². The third-order valence-electron chi connectivity index (χ3n) is 4.29. The van der Waals surface area contributed by atoms with E-state index in [0.717, 1.165) is 16.9 Å². The van der Waals surface area contributed by atoms with E-state index in [0.29, 0.717) is 0 Å². The number of halogens is 4. The number of aliphatic hydroxyl groups is 2. The first-order chi connectivity index (χ1) is 13.5. The Morgan fingerprint density at radius 1 is 1.48 bits per heavy atom. The molecule has 156 valence electrons. The summed E-state index contributed by atoms with van der Waals surface area (Å²) in [4.78, 5) is 14.8. The molecule has 1 fully saturated rings. The van der Waals surface area contributed by atoms with Crippen molar-refractivity contribution in [1.29, 1.82) is 5.26 Å². The topological polar surface area (TPSA) is 156 Å². The van der Waals surface area contributed by atoms with Crippen LogP contribution in [0.2, 0.25) is 0 Å². The molecule has 4 N–H and O–H groups in total. The lowest BCUT2D eigenvalue weighted by Crippen LogP contribution is -2.41. The predicted molar refractivity (Wildman–Crippen MR) is 83.2 cm³/mol. The van der Waals surface area contributed by atoms with E-state index in [9.17, 15) is 37.8 Å². The maximum atomic E-state index is 14.3. The largest absolute Gasteiger partial charge is 0.463 e. The van der Waals surface area contributed by atoms with Gasteiger partial charge in [-0.15, -0.1) is 0 Å². The molecule has 1 aliphatic heterocycles. The second-order valence-electron chi connectivity index (χ2n) is 6.20. The number of nitrogens with zero attached hydrogens (tertiary/aromatic N) is 4. The smallest absolute Gasteiger partial charge is 0.399 e. The standard InChI is InChI=1S/C15H13F4N5O5/c16-6-1-8(24-10(6)13(21)22-5-23-24)14(4-20)12(27)11(26)7(29-14)3-28-9(25)2-15(17,18)19/h1,5,7,11-12,26-27H,2-3H2,(H2,21,22,23)/t7-,11-,12-,14+/m1/s1. The fraction of sp³-hybridized carbons (Fsp3) is 0.467. The molecule has 29 heavy (non-hydrogen) atoms. The lowest BCUT2D eigenvalue weighted by atomic mass is 9.92. The van der Waals surface area contributed by atoms with Gasteiger partial charge in [0.1, 0.15) is 49.3 Å². The van der Waals surface area contributed by atoms with Crippen LogP contribution in [0.3, 0.4) is 0 Å². The normalized spacial score (nSPS) is 27.1. The lowest BCUT2D eigenvalue weighted by Gasteiger charge is -2.24. The van der Waals surface area contributed by atoms with Crippen LogP contribution in [0.15, 0.2) is 12.4 Å². The number of aliphatic hydroxyl groups excluding tert-OH is 2. The molecule has 0 unspecified atom stereocenters. The Morgan fingerprint density at radius 3 is 2.79 bits per heavy atom. The maximum Gasteiger partial charge on any atom is 0.399 e. The summed E-state index contributed by atoms with van der Waals surface area (Å²) < 4.78 is 61.5. The van der Waals surface area contributed by atoms with E-state index in [-0.39, 0.29) is 17.0 Å². The predicted octanol–water partition coefficient (Wildman–Crippen LogP) is -0.214. The third-order valence-corrected chi connectivity index (χ3v) is 4.29. The Balaban J connectivity index is 1.90. The van der Waals surface area contributed by atoms with E-state index in [1.165, 1.54) is 0 Å². The minimum Gasteiger partial charge on any atom is -0.463 e. The van der Waals surface area contributed by atoms with Crippen molar-refractivity contribution in [3.63, 3.8) is 0 Å². The average molecular weight is 419 g/mol. The number of hydrogen-bond donors (Lipinski definition) is 3. The van der Waals surface area contributed by atoms with Gasteiger partial charge in [-0.3, -0.25) is 4.79 Å². The Kier molecular flexibility index (Phi) is 5.07. The summed E-state index contributed by atoms with van der Waals surface area (Å²) in [6.45, 7) is -0.889. The number of nitrogen functional groups attached to an aromatic ring is 1. The molecular formula is C15H13F4N5O5. The van der Waals surface area contributed by atoms with Crippen molar-refractivity contribution >= 4 is 17.3 Å². The number of fused-ring (bicyclic) bond motifs is 1. The zero-order valence-electron chi connectivity index (χ0n) is 14.3. The molecule has 14 heteroatoms. The van der Waals surface area contributed by atoms with Crippen molar-refractivity contribution in [3.05, 3.63) is 23.9 Å². The number of carbonyl (C=O) groups excluding carboxylic acids is 1.